The molecule has 0 aliphatic carbocycles. The van der Waals surface area contributed by atoms with E-state index in [4.69, 9.17) is 5.73 Å². The quantitative estimate of drug-likeness (QED) is 0.606. The second kappa shape index (κ2) is 4.08. The molecule has 1 nitrogen and oxygen atoms in total. The highest BCUT2D eigenvalue weighted by atomic mass is 19.4. The first kappa shape index (κ1) is 13.6. The number of anilines is 1. The molecule has 2 N–H and O–H groups in total. The minimum absolute atomic E-state index is 0.140. The van der Waals surface area contributed by atoms with Gasteiger partial charge < -0.3 is 5.73 Å². The van der Waals surface area contributed by atoms with Crippen molar-refractivity contribution in [1.29, 1.82) is 0 Å². The van der Waals surface area contributed by atoms with E-state index in [-0.39, 0.29) is 6.07 Å². The minimum Gasteiger partial charge on any atom is -0.396 e. The Morgan fingerprint density at radius 1 is 0.941 bits per heavy atom. The topological polar surface area (TPSA) is 26.0 Å². The summed E-state index contributed by atoms with van der Waals surface area (Å²) in [4.78, 5) is 0. The Hall–Kier alpha value is -1.47. The summed E-state index contributed by atoms with van der Waals surface area (Å²) in [7, 11) is 0. The average molecular weight is 261 g/mol. The van der Waals surface area contributed by atoms with Crippen LogP contribution in [0, 0.1) is 5.82 Å². The lowest BCUT2D eigenvalue weighted by atomic mass is 9.97. The van der Waals surface area contributed by atoms with Gasteiger partial charge in [-0.05, 0) is 17.7 Å². The summed E-state index contributed by atoms with van der Waals surface area (Å²) in [5.74, 6) is -5.04. The Morgan fingerprint density at radius 2 is 1.41 bits per heavy atom. The summed E-state index contributed by atoms with van der Waals surface area (Å²) in [5.41, 5.74) is 3.23. The van der Waals surface area contributed by atoms with Gasteiger partial charge in [-0.3, -0.25) is 0 Å². The monoisotopic (exact) mass is 261 g/mol. The Bertz CT molecular complexity index is 393. The van der Waals surface area contributed by atoms with Gasteiger partial charge in [-0.2, -0.15) is 26.3 Å². The largest absolute Gasteiger partial charge is 0.404 e. The number of halogens is 7. The van der Waals surface area contributed by atoms with Crippen LogP contribution in [0.2, 0.25) is 0 Å². The zero-order valence-corrected chi connectivity index (χ0v) is 8.03. The smallest absolute Gasteiger partial charge is 0.396 e. The maximum absolute atomic E-state index is 12.9. The molecule has 0 aromatic heterocycles. The lowest BCUT2D eigenvalue weighted by Gasteiger charge is -2.23. The van der Waals surface area contributed by atoms with Crippen LogP contribution in [0.25, 0.3) is 0 Å². The lowest BCUT2D eigenvalue weighted by Crippen LogP contribution is -2.34. The highest BCUT2D eigenvalue weighted by Gasteiger charge is 2.57. The molecule has 0 bridgehead atoms. The van der Waals surface area contributed by atoms with E-state index in [9.17, 15) is 30.7 Å². The molecule has 17 heavy (non-hydrogen) atoms. The van der Waals surface area contributed by atoms with Crippen LogP contribution in [0.1, 0.15) is 11.5 Å². The molecule has 0 aliphatic heterocycles. The number of nitrogen functional groups attached to an aromatic ring is 1. The van der Waals surface area contributed by atoms with E-state index in [2.05, 4.69) is 0 Å². The van der Waals surface area contributed by atoms with Gasteiger partial charge in [-0.25, -0.2) is 4.39 Å². The molecule has 1 aromatic carbocycles. The number of nitrogens with two attached hydrogens (primary N) is 1. The average Bonchev–Trinajstić information content (AvgIpc) is 2.06. The SMILES string of the molecule is Nc1ccc(C(C(F)(F)F)C(F)(F)F)cc1F. The first-order valence-corrected chi connectivity index (χ1v) is 4.22. The molecule has 0 heterocycles. The fourth-order valence-corrected chi connectivity index (χ4v) is 1.29. The van der Waals surface area contributed by atoms with Crippen molar-refractivity contribution in [2.75, 3.05) is 5.73 Å². The van der Waals surface area contributed by atoms with Crippen LogP contribution in [0.4, 0.5) is 36.4 Å². The van der Waals surface area contributed by atoms with Crippen LogP contribution in [-0.2, 0) is 0 Å². The van der Waals surface area contributed by atoms with Crippen LogP contribution in [-0.4, -0.2) is 12.4 Å². The second-order valence-corrected chi connectivity index (χ2v) is 3.30. The van der Waals surface area contributed by atoms with Crippen LogP contribution < -0.4 is 5.73 Å². The van der Waals surface area contributed by atoms with E-state index in [1.165, 1.54) is 0 Å². The number of alkyl halides is 6. The summed E-state index contributed by atoms with van der Waals surface area (Å²) < 4.78 is 86.4. The molecule has 0 unspecified atom stereocenters. The second-order valence-electron chi connectivity index (χ2n) is 3.30. The van der Waals surface area contributed by atoms with E-state index >= 15 is 0 Å². The predicted molar refractivity (Wildman–Crippen MR) is 45.7 cm³/mol. The molecule has 0 fully saturated rings. The van der Waals surface area contributed by atoms with Gasteiger partial charge in [0.25, 0.3) is 0 Å². The molecule has 0 saturated carbocycles. The van der Waals surface area contributed by atoms with Crippen molar-refractivity contribution < 1.29 is 30.7 Å². The summed E-state index contributed by atoms with van der Waals surface area (Å²) in [6.45, 7) is 0. The summed E-state index contributed by atoms with van der Waals surface area (Å²) in [6, 6.07) is 1.31. The predicted octanol–water partition coefficient (Wildman–Crippen LogP) is 3.62. The van der Waals surface area contributed by atoms with Gasteiger partial charge in [-0.1, -0.05) is 6.07 Å². The Morgan fingerprint density at radius 3 is 1.76 bits per heavy atom. The molecule has 0 aliphatic rings. The Balaban J connectivity index is 3.29. The summed E-state index contributed by atoms with van der Waals surface area (Å²) >= 11 is 0. The molecule has 0 amide bonds. The van der Waals surface area contributed by atoms with E-state index in [1.807, 2.05) is 0 Å². The van der Waals surface area contributed by atoms with Crippen molar-refractivity contribution in [1.82, 2.24) is 0 Å². The standard InChI is InChI=1S/C9H6F7N/c10-5-3-4(1-2-6(5)17)7(8(11,12)13)9(14,15)16/h1-3,7H,17H2. The number of rotatable bonds is 1. The van der Waals surface area contributed by atoms with E-state index in [1.54, 1.807) is 0 Å². The minimum atomic E-state index is -5.54. The third kappa shape index (κ3) is 3.01. The zero-order chi connectivity index (χ0) is 13.4. The third-order valence-electron chi connectivity index (χ3n) is 2.01. The highest BCUT2D eigenvalue weighted by Crippen LogP contribution is 2.46. The molecule has 0 spiro atoms. The molecule has 8 heteroatoms. The summed E-state index contributed by atoms with van der Waals surface area (Å²) in [5, 5.41) is 0. The molecule has 0 atom stereocenters. The van der Waals surface area contributed by atoms with Gasteiger partial charge in [0.2, 0.25) is 0 Å². The van der Waals surface area contributed by atoms with Crippen LogP contribution in [0.15, 0.2) is 18.2 Å². The molecule has 1 aromatic rings. The van der Waals surface area contributed by atoms with E-state index < -0.39 is 35.3 Å². The van der Waals surface area contributed by atoms with Crippen LogP contribution in [0.3, 0.4) is 0 Å². The van der Waals surface area contributed by atoms with Crippen molar-refractivity contribution in [3.8, 4) is 0 Å². The first-order valence-electron chi connectivity index (χ1n) is 4.22. The number of hydrogen-bond donors (Lipinski definition) is 1. The van der Waals surface area contributed by atoms with Gasteiger partial charge in [0.1, 0.15) is 5.82 Å². The fraction of sp³-hybridized carbons (Fsp3) is 0.333. The van der Waals surface area contributed by atoms with E-state index in [0.717, 1.165) is 0 Å². The molecular formula is C9H6F7N. The molecule has 1 rings (SSSR count). The van der Waals surface area contributed by atoms with Crippen molar-refractivity contribution in [3.63, 3.8) is 0 Å². The van der Waals surface area contributed by atoms with Gasteiger partial charge in [-0.15, -0.1) is 0 Å². The van der Waals surface area contributed by atoms with Gasteiger partial charge in [0.05, 0.1) is 5.69 Å². The Kier molecular flexibility index (Phi) is 3.26. The number of benzene rings is 1. The van der Waals surface area contributed by atoms with Gasteiger partial charge in [0, 0.05) is 0 Å². The van der Waals surface area contributed by atoms with Crippen molar-refractivity contribution in [2.45, 2.75) is 18.3 Å². The highest BCUT2D eigenvalue weighted by molar-refractivity contribution is 5.42. The maximum Gasteiger partial charge on any atom is 0.404 e. The van der Waals surface area contributed by atoms with Gasteiger partial charge in [0.15, 0.2) is 5.92 Å². The lowest BCUT2D eigenvalue weighted by molar-refractivity contribution is -0.253. The van der Waals surface area contributed by atoms with E-state index in [0.29, 0.717) is 12.1 Å². The van der Waals surface area contributed by atoms with Crippen LogP contribution >= 0.6 is 0 Å². The van der Waals surface area contributed by atoms with Crippen molar-refractivity contribution in [3.05, 3.63) is 29.6 Å². The van der Waals surface area contributed by atoms with Crippen molar-refractivity contribution in [2.24, 2.45) is 0 Å². The maximum atomic E-state index is 12.9. The normalized spacial score (nSPS) is 13.2. The Labute approximate surface area is 91.0 Å². The van der Waals surface area contributed by atoms with Crippen LogP contribution in [0.5, 0.6) is 0 Å². The summed E-state index contributed by atoms with van der Waals surface area (Å²) in [6.07, 6.45) is -11.1. The zero-order valence-electron chi connectivity index (χ0n) is 8.03. The fourth-order valence-electron chi connectivity index (χ4n) is 1.29. The van der Waals surface area contributed by atoms with Crippen molar-refractivity contribution >= 4 is 5.69 Å². The molecule has 0 radical (unpaired) electrons. The number of hydrogen-bond acceptors (Lipinski definition) is 1. The molecular weight excluding hydrogens is 255 g/mol. The third-order valence-corrected chi connectivity index (χ3v) is 2.01. The van der Waals surface area contributed by atoms with Gasteiger partial charge >= 0.3 is 12.4 Å². The molecule has 96 valence electrons. The first-order chi connectivity index (χ1) is 7.53. The molecule has 0 saturated heterocycles.